The predicted molar refractivity (Wildman–Crippen MR) is 165 cm³/mol. The number of hydrogen-bond donors (Lipinski definition) is 2. The van der Waals surface area contributed by atoms with E-state index in [2.05, 4.69) is 9.88 Å². The van der Waals surface area contributed by atoms with E-state index >= 15 is 0 Å². The van der Waals surface area contributed by atoms with E-state index in [0.717, 1.165) is 42.6 Å². The highest BCUT2D eigenvalue weighted by Crippen LogP contribution is 2.37. The molecule has 0 spiro atoms. The third kappa shape index (κ3) is 5.71. The van der Waals surface area contributed by atoms with Crippen LogP contribution in [0.1, 0.15) is 58.9 Å². The number of hydrogen-bond acceptors (Lipinski definition) is 4. The number of anilines is 1. The monoisotopic (exact) mass is 599 g/mol. The summed E-state index contributed by atoms with van der Waals surface area (Å²) in [5.41, 5.74) is 3.41. The Labute approximate surface area is 252 Å². The van der Waals surface area contributed by atoms with E-state index in [1.807, 2.05) is 24.3 Å². The number of nitrogens with zero attached hydrogens (tertiary/aromatic N) is 2. The van der Waals surface area contributed by atoms with Crippen LogP contribution in [-0.4, -0.2) is 26.5 Å². The van der Waals surface area contributed by atoms with Crippen molar-refractivity contribution in [3.63, 3.8) is 0 Å². The number of carbonyl (C=O) groups excluding carboxylic acids is 1. The molecule has 0 unspecified atom stereocenters. The van der Waals surface area contributed by atoms with Gasteiger partial charge in [0, 0.05) is 22.2 Å². The van der Waals surface area contributed by atoms with Gasteiger partial charge in [0.2, 0.25) is 0 Å². The Bertz CT molecular complexity index is 1810. The van der Waals surface area contributed by atoms with Crippen molar-refractivity contribution >= 4 is 51.8 Å². The molecule has 1 heterocycles. The summed E-state index contributed by atoms with van der Waals surface area (Å²) in [6.45, 7) is 0. The molecule has 42 heavy (non-hydrogen) atoms. The van der Waals surface area contributed by atoms with Gasteiger partial charge < -0.3 is 19.7 Å². The van der Waals surface area contributed by atoms with Crippen molar-refractivity contribution in [3.05, 3.63) is 106 Å². The summed E-state index contributed by atoms with van der Waals surface area (Å²) < 4.78 is 8.23. The fourth-order valence-electron chi connectivity index (χ4n) is 5.47. The summed E-state index contributed by atoms with van der Waals surface area (Å²) in [7, 11) is 0. The Hall–Kier alpha value is -4.33. The fourth-order valence-corrected chi connectivity index (χ4v) is 5.92. The Kier molecular flexibility index (Phi) is 7.87. The Morgan fingerprint density at radius 2 is 1.67 bits per heavy atom. The molecule has 0 atom stereocenters. The summed E-state index contributed by atoms with van der Waals surface area (Å²) in [5, 5.41) is 13.3. The van der Waals surface area contributed by atoms with Gasteiger partial charge in [0.25, 0.3) is 5.91 Å². The second-order valence-corrected chi connectivity index (χ2v) is 11.2. The maximum atomic E-state index is 13.5. The number of halogens is 2. The molecule has 1 aromatic heterocycles. The first-order valence-corrected chi connectivity index (χ1v) is 14.5. The van der Waals surface area contributed by atoms with Crippen molar-refractivity contribution in [1.82, 2.24) is 9.55 Å². The lowest BCUT2D eigenvalue weighted by molar-refractivity contribution is 0.0696. The van der Waals surface area contributed by atoms with Gasteiger partial charge in [-0.05, 0) is 73.5 Å². The van der Waals surface area contributed by atoms with Gasteiger partial charge in [-0.3, -0.25) is 4.79 Å². The molecule has 1 amide bonds. The van der Waals surface area contributed by atoms with Crippen molar-refractivity contribution < 1.29 is 19.4 Å². The minimum atomic E-state index is -0.994. The molecule has 212 valence electrons. The quantitative estimate of drug-likeness (QED) is 0.194. The molecule has 0 aliphatic heterocycles. The zero-order valence-electron chi connectivity index (χ0n) is 22.5. The number of benzene rings is 4. The number of aromatic carboxylic acids is 1. The van der Waals surface area contributed by atoms with Crippen LogP contribution in [0.5, 0.6) is 11.5 Å². The van der Waals surface area contributed by atoms with E-state index in [-0.39, 0.29) is 17.5 Å². The molecule has 6 rings (SSSR count). The Morgan fingerprint density at radius 1 is 0.857 bits per heavy atom. The number of carbonyl (C=O) groups is 2. The number of ether oxygens (including phenoxy) is 1. The normalized spacial score (nSPS) is 13.7. The molecule has 0 bridgehead atoms. The van der Waals surface area contributed by atoms with Crippen LogP contribution in [0, 0.1) is 0 Å². The second-order valence-electron chi connectivity index (χ2n) is 10.3. The van der Waals surface area contributed by atoms with E-state index in [1.54, 1.807) is 60.7 Å². The smallest absolute Gasteiger partial charge is 0.335 e. The zero-order chi connectivity index (χ0) is 29.2. The van der Waals surface area contributed by atoms with Crippen molar-refractivity contribution in [3.8, 4) is 22.9 Å². The first-order valence-electron chi connectivity index (χ1n) is 13.8. The lowest BCUT2D eigenvalue weighted by Gasteiger charge is -2.25. The van der Waals surface area contributed by atoms with Crippen LogP contribution in [0.25, 0.3) is 22.4 Å². The second kappa shape index (κ2) is 11.9. The van der Waals surface area contributed by atoms with Crippen LogP contribution in [0.3, 0.4) is 0 Å². The summed E-state index contributed by atoms with van der Waals surface area (Å²) in [5.74, 6) is 0.253. The minimum Gasteiger partial charge on any atom is -0.478 e. The maximum absolute atomic E-state index is 13.5. The van der Waals surface area contributed by atoms with Crippen LogP contribution < -0.4 is 10.1 Å². The summed E-state index contributed by atoms with van der Waals surface area (Å²) in [6.07, 6.45) is 5.50. The molecule has 9 heteroatoms. The molecule has 2 N–H and O–H groups in total. The lowest BCUT2D eigenvalue weighted by atomic mass is 9.94. The summed E-state index contributed by atoms with van der Waals surface area (Å²) in [4.78, 5) is 30.0. The number of carboxylic acid groups (broad SMARTS) is 1. The van der Waals surface area contributed by atoms with Crippen LogP contribution in [0.15, 0.2) is 84.9 Å². The minimum absolute atomic E-state index is 0.191. The van der Waals surface area contributed by atoms with E-state index in [9.17, 15) is 14.7 Å². The highest BCUT2D eigenvalue weighted by atomic mass is 35.5. The number of carboxylic acids is 1. The first kappa shape index (κ1) is 27.8. The summed E-state index contributed by atoms with van der Waals surface area (Å²) in [6, 6.07) is 24.7. The number of fused-ring (bicyclic) bond motifs is 1. The van der Waals surface area contributed by atoms with Crippen molar-refractivity contribution in [2.45, 2.75) is 38.1 Å². The largest absolute Gasteiger partial charge is 0.478 e. The third-order valence-corrected chi connectivity index (χ3v) is 8.04. The fraction of sp³-hybridized carbons (Fsp3) is 0.182. The Balaban J connectivity index is 1.33. The molecule has 1 saturated carbocycles. The molecule has 5 aromatic rings. The third-order valence-electron chi connectivity index (χ3n) is 7.51. The van der Waals surface area contributed by atoms with Gasteiger partial charge in [0.05, 0.1) is 27.3 Å². The van der Waals surface area contributed by atoms with Gasteiger partial charge in [0.1, 0.15) is 11.6 Å². The van der Waals surface area contributed by atoms with Crippen molar-refractivity contribution in [2.24, 2.45) is 0 Å². The molecule has 7 nitrogen and oxygen atoms in total. The maximum Gasteiger partial charge on any atom is 0.335 e. The molecule has 0 radical (unpaired) electrons. The molecule has 1 aliphatic rings. The van der Waals surface area contributed by atoms with E-state index < -0.39 is 5.97 Å². The molecular formula is C33H27Cl2N3O4. The topological polar surface area (TPSA) is 93.4 Å². The Morgan fingerprint density at radius 3 is 2.45 bits per heavy atom. The first-order chi connectivity index (χ1) is 20.4. The van der Waals surface area contributed by atoms with Gasteiger partial charge >= 0.3 is 5.97 Å². The molecule has 1 aliphatic carbocycles. The van der Waals surface area contributed by atoms with Crippen molar-refractivity contribution in [1.29, 1.82) is 0 Å². The van der Waals surface area contributed by atoms with Gasteiger partial charge in [-0.15, -0.1) is 0 Å². The van der Waals surface area contributed by atoms with Crippen LogP contribution in [-0.2, 0) is 0 Å². The van der Waals surface area contributed by atoms with Gasteiger partial charge in [0.15, 0.2) is 5.75 Å². The highest BCUT2D eigenvalue weighted by molar-refractivity contribution is 6.35. The van der Waals surface area contributed by atoms with Gasteiger partial charge in [-0.1, -0.05) is 66.7 Å². The highest BCUT2D eigenvalue weighted by Gasteiger charge is 2.24. The summed E-state index contributed by atoms with van der Waals surface area (Å²) >= 11 is 12.3. The number of rotatable bonds is 7. The average molecular weight is 601 g/mol. The van der Waals surface area contributed by atoms with Crippen LogP contribution in [0.2, 0.25) is 10.0 Å². The predicted octanol–water partition coefficient (Wildman–Crippen LogP) is 9.26. The number of imidazole rings is 1. The van der Waals surface area contributed by atoms with Gasteiger partial charge in [-0.2, -0.15) is 0 Å². The SMILES string of the molecule is O=C(O)c1ccc2c(c1)nc(-c1cccc(C(=O)Nc3ccccc3Oc3ccc(Cl)cc3Cl)c1)n2C1CCCCC1. The number of para-hydroxylation sites is 2. The van der Waals surface area contributed by atoms with Crippen LogP contribution >= 0.6 is 23.2 Å². The zero-order valence-corrected chi connectivity index (χ0v) is 24.0. The average Bonchev–Trinajstić information content (AvgIpc) is 3.39. The van der Waals surface area contributed by atoms with E-state index in [4.69, 9.17) is 32.9 Å². The standard InChI is InChI=1S/C33H27Cl2N3O4/c34-23-14-16-29(25(35)19-23)42-30-12-5-4-11-26(30)37-32(39)21-8-6-7-20(17-21)31-36-27-18-22(33(40)41)13-15-28(27)38(31)24-9-2-1-3-10-24/h4-8,11-19,24H,1-3,9-10H2,(H,37,39)(H,40,41). The number of nitrogens with one attached hydrogen (secondary N) is 1. The van der Waals surface area contributed by atoms with E-state index in [1.165, 1.54) is 6.42 Å². The molecule has 1 fully saturated rings. The van der Waals surface area contributed by atoms with Crippen molar-refractivity contribution in [2.75, 3.05) is 5.32 Å². The molecule has 4 aromatic carbocycles. The van der Waals surface area contributed by atoms with Gasteiger partial charge in [-0.25, -0.2) is 9.78 Å². The van der Waals surface area contributed by atoms with Crippen LogP contribution in [0.4, 0.5) is 5.69 Å². The lowest BCUT2D eigenvalue weighted by Crippen LogP contribution is -2.15. The molecular weight excluding hydrogens is 573 g/mol. The number of aromatic nitrogens is 2. The molecule has 0 saturated heterocycles. The van der Waals surface area contributed by atoms with E-state index in [0.29, 0.717) is 38.3 Å². The number of amides is 1.